The molecule has 3 aromatic rings. The molecular formula is C31H32N2O6. The molecular weight excluding hydrogens is 496 g/mol. The van der Waals surface area contributed by atoms with E-state index in [-0.39, 0.29) is 11.3 Å². The van der Waals surface area contributed by atoms with Gasteiger partial charge in [-0.05, 0) is 60.5 Å². The molecule has 0 saturated carbocycles. The van der Waals surface area contributed by atoms with Crippen LogP contribution in [0.1, 0.15) is 22.7 Å². The van der Waals surface area contributed by atoms with Crippen LogP contribution in [0.15, 0.2) is 78.4 Å². The molecule has 2 aliphatic heterocycles. The number of carbonyl (C=O) groups is 2. The Morgan fingerprint density at radius 3 is 2.41 bits per heavy atom. The van der Waals surface area contributed by atoms with Crippen molar-refractivity contribution in [2.75, 3.05) is 46.5 Å². The maximum Gasteiger partial charge on any atom is 0.295 e. The monoisotopic (exact) mass is 528 g/mol. The summed E-state index contributed by atoms with van der Waals surface area (Å²) in [5.41, 5.74) is 1.99. The number of methoxy groups -OCH3 is 1. The summed E-state index contributed by atoms with van der Waals surface area (Å²) >= 11 is 0. The number of aryl methyl sites for hydroxylation is 1. The highest BCUT2D eigenvalue weighted by Crippen LogP contribution is 2.41. The third kappa shape index (κ3) is 5.67. The number of likely N-dealkylation sites (tertiary alicyclic amines) is 1. The normalized spacial score (nSPS) is 19.3. The molecule has 2 heterocycles. The van der Waals surface area contributed by atoms with E-state index in [9.17, 15) is 14.7 Å². The van der Waals surface area contributed by atoms with Gasteiger partial charge in [-0.3, -0.25) is 14.5 Å². The Balaban J connectivity index is 1.55. The van der Waals surface area contributed by atoms with Gasteiger partial charge in [-0.2, -0.15) is 0 Å². The van der Waals surface area contributed by atoms with Crippen molar-refractivity contribution in [1.29, 1.82) is 0 Å². The summed E-state index contributed by atoms with van der Waals surface area (Å²) in [5, 5.41) is 11.4. The molecule has 2 fully saturated rings. The van der Waals surface area contributed by atoms with Gasteiger partial charge in [0.2, 0.25) is 0 Å². The number of amides is 1. The van der Waals surface area contributed by atoms with Crippen LogP contribution in [0.2, 0.25) is 0 Å². The lowest BCUT2D eigenvalue weighted by Gasteiger charge is -2.31. The van der Waals surface area contributed by atoms with Gasteiger partial charge in [0.25, 0.3) is 11.7 Å². The highest BCUT2D eigenvalue weighted by Gasteiger charge is 2.46. The van der Waals surface area contributed by atoms with Crippen molar-refractivity contribution >= 4 is 17.4 Å². The number of hydrogen-bond donors (Lipinski definition) is 1. The van der Waals surface area contributed by atoms with Crippen molar-refractivity contribution in [3.63, 3.8) is 0 Å². The molecule has 0 bridgehead atoms. The van der Waals surface area contributed by atoms with Gasteiger partial charge in [-0.15, -0.1) is 0 Å². The number of rotatable bonds is 8. The van der Waals surface area contributed by atoms with Crippen LogP contribution in [0.25, 0.3) is 5.76 Å². The van der Waals surface area contributed by atoms with Gasteiger partial charge in [0.05, 0.1) is 31.9 Å². The van der Waals surface area contributed by atoms with Crippen LogP contribution in [0, 0.1) is 6.92 Å². The molecule has 5 rings (SSSR count). The molecule has 0 unspecified atom stereocenters. The first kappa shape index (κ1) is 26.5. The van der Waals surface area contributed by atoms with E-state index in [4.69, 9.17) is 14.2 Å². The van der Waals surface area contributed by atoms with E-state index < -0.39 is 17.7 Å². The third-order valence-electron chi connectivity index (χ3n) is 7.12. The van der Waals surface area contributed by atoms with Gasteiger partial charge in [0, 0.05) is 31.7 Å². The molecule has 0 aromatic heterocycles. The number of ether oxygens (including phenoxy) is 3. The topological polar surface area (TPSA) is 88.5 Å². The summed E-state index contributed by atoms with van der Waals surface area (Å²) in [6, 6.07) is 21.1. The van der Waals surface area contributed by atoms with Crippen LogP contribution in [0.5, 0.6) is 17.2 Å². The molecule has 39 heavy (non-hydrogen) atoms. The van der Waals surface area contributed by atoms with E-state index in [0.717, 1.165) is 18.7 Å². The van der Waals surface area contributed by atoms with Gasteiger partial charge >= 0.3 is 0 Å². The van der Waals surface area contributed by atoms with Crippen molar-refractivity contribution in [3.8, 4) is 17.2 Å². The fraction of sp³-hybridized carbons (Fsp3) is 0.290. The van der Waals surface area contributed by atoms with Crippen LogP contribution in [-0.2, 0) is 14.3 Å². The van der Waals surface area contributed by atoms with E-state index in [0.29, 0.717) is 54.7 Å². The van der Waals surface area contributed by atoms with E-state index in [1.165, 1.54) is 0 Å². The standard InChI is InChI=1S/C31H32N2O6/c1-21-19-23(11-12-26(21)37-2)29(34)27-28(22-7-6-10-25(20-22)39-24-8-4-3-5-9-24)33(31(36)30(27)35)14-13-32-15-17-38-18-16-32/h3-12,19-20,28,34H,13-18H2,1-2H3/t28-/m0/s1. The molecule has 1 amide bonds. The number of carbonyl (C=O) groups excluding carboxylic acids is 2. The largest absolute Gasteiger partial charge is 0.507 e. The zero-order chi connectivity index (χ0) is 27.4. The van der Waals surface area contributed by atoms with Gasteiger partial charge in [0.1, 0.15) is 23.0 Å². The van der Waals surface area contributed by atoms with Gasteiger partial charge in [-0.1, -0.05) is 30.3 Å². The lowest BCUT2D eigenvalue weighted by molar-refractivity contribution is -0.140. The minimum atomic E-state index is -0.771. The summed E-state index contributed by atoms with van der Waals surface area (Å²) in [5.74, 6) is 0.353. The Labute approximate surface area is 228 Å². The first-order valence-electron chi connectivity index (χ1n) is 13.0. The van der Waals surface area contributed by atoms with Crippen molar-refractivity contribution < 1.29 is 28.9 Å². The second-order valence-electron chi connectivity index (χ2n) is 9.62. The molecule has 3 aromatic carbocycles. The Bertz CT molecular complexity index is 1380. The van der Waals surface area contributed by atoms with E-state index >= 15 is 0 Å². The molecule has 202 valence electrons. The number of hydrogen-bond acceptors (Lipinski definition) is 7. The lowest BCUT2D eigenvalue weighted by atomic mass is 9.94. The smallest absolute Gasteiger partial charge is 0.295 e. The van der Waals surface area contributed by atoms with Crippen LogP contribution < -0.4 is 9.47 Å². The van der Waals surface area contributed by atoms with E-state index in [1.54, 1.807) is 30.2 Å². The Morgan fingerprint density at radius 2 is 1.69 bits per heavy atom. The predicted octanol–water partition coefficient (Wildman–Crippen LogP) is 4.55. The summed E-state index contributed by atoms with van der Waals surface area (Å²) in [7, 11) is 1.58. The molecule has 8 nitrogen and oxygen atoms in total. The van der Waals surface area contributed by atoms with Gasteiger partial charge in [-0.25, -0.2) is 0 Å². The summed E-state index contributed by atoms with van der Waals surface area (Å²) in [6.45, 7) is 5.58. The number of morpholine rings is 1. The Morgan fingerprint density at radius 1 is 0.949 bits per heavy atom. The zero-order valence-corrected chi connectivity index (χ0v) is 22.1. The quantitative estimate of drug-likeness (QED) is 0.261. The minimum absolute atomic E-state index is 0.0587. The van der Waals surface area contributed by atoms with Crippen LogP contribution >= 0.6 is 0 Å². The maximum atomic E-state index is 13.5. The highest BCUT2D eigenvalue weighted by molar-refractivity contribution is 6.46. The van der Waals surface area contributed by atoms with Gasteiger partial charge < -0.3 is 24.2 Å². The number of benzene rings is 3. The number of aliphatic hydroxyl groups is 1. The minimum Gasteiger partial charge on any atom is -0.507 e. The summed E-state index contributed by atoms with van der Waals surface area (Å²) in [6.07, 6.45) is 0. The highest BCUT2D eigenvalue weighted by atomic mass is 16.5. The molecule has 1 atom stereocenters. The fourth-order valence-electron chi connectivity index (χ4n) is 5.09. The first-order valence-corrected chi connectivity index (χ1v) is 13.0. The summed E-state index contributed by atoms with van der Waals surface area (Å²) in [4.78, 5) is 30.6. The van der Waals surface area contributed by atoms with Gasteiger partial charge in [0.15, 0.2) is 0 Å². The molecule has 0 spiro atoms. The Kier molecular flexibility index (Phi) is 7.95. The van der Waals surface area contributed by atoms with Crippen LogP contribution in [-0.4, -0.2) is 73.1 Å². The third-order valence-corrected chi connectivity index (χ3v) is 7.12. The zero-order valence-electron chi connectivity index (χ0n) is 22.1. The molecule has 0 aliphatic carbocycles. The average molecular weight is 529 g/mol. The average Bonchev–Trinajstić information content (AvgIpc) is 3.22. The molecule has 2 saturated heterocycles. The summed E-state index contributed by atoms with van der Waals surface area (Å²) < 4.78 is 16.8. The molecule has 1 N–H and O–H groups in total. The van der Waals surface area contributed by atoms with Crippen molar-refractivity contribution in [2.45, 2.75) is 13.0 Å². The second-order valence-corrected chi connectivity index (χ2v) is 9.62. The molecule has 8 heteroatoms. The second kappa shape index (κ2) is 11.7. The lowest BCUT2D eigenvalue weighted by Crippen LogP contribution is -2.42. The van der Waals surface area contributed by atoms with Crippen molar-refractivity contribution in [2.24, 2.45) is 0 Å². The number of Topliss-reactive ketones (excluding diaryl/α,β-unsaturated/α-hetero) is 1. The van der Waals surface area contributed by atoms with E-state index in [1.807, 2.05) is 61.5 Å². The number of para-hydroxylation sites is 1. The van der Waals surface area contributed by atoms with E-state index in [2.05, 4.69) is 4.90 Å². The molecule has 0 radical (unpaired) electrons. The SMILES string of the molecule is COc1ccc(C(O)=C2C(=O)C(=O)N(CCN3CCOCC3)[C@H]2c2cccc(Oc3ccccc3)c2)cc1C. The van der Waals surface area contributed by atoms with Crippen LogP contribution in [0.3, 0.4) is 0 Å². The predicted molar refractivity (Wildman–Crippen MR) is 147 cm³/mol. The number of nitrogens with zero attached hydrogens (tertiary/aromatic N) is 2. The van der Waals surface area contributed by atoms with Crippen LogP contribution in [0.4, 0.5) is 0 Å². The fourth-order valence-corrected chi connectivity index (χ4v) is 5.09. The van der Waals surface area contributed by atoms with Crippen molar-refractivity contribution in [3.05, 3.63) is 95.1 Å². The number of ketones is 1. The number of aliphatic hydroxyl groups excluding tert-OH is 1. The van der Waals surface area contributed by atoms with Crippen molar-refractivity contribution in [1.82, 2.24) is 9.80 Å². The first-order chi connectivity index (χ1) is 19.0. The maximum absolute atomic E-state index is 13.5. The Hall–Kier alpha value is -4.14. The molecule has 2 aliphatic rings.